The molecule has 2 amide bonds. The van der Waals surface area contributed by atoms with Gasteiger partial charge in [-0.3, -0.25) is 9.59 Å². The van der Waals surface area contributed by atoms with Crippen LogP contribution in [0.1, 0.15) is 74.7 Å². The van der Waals surface area contributed by atoms with Crippen molar-refractivity contribution < 1.29 is 19.4 Å². The van der Waals surface area contributed by atoms with Gasteiger partial charge in [-0.15, -0.1) is 0 Å². The van der Waals surface area contributed by atoms with E-state index in [9.17, 15) is 14.7 Å². The molecule has 0 unspecified atom stereocenters. The Hall–Kier alpha value is -2.59. The lowest BCUT2D eigenvalue weighted by Crippen LogP contribution is -2.51. The Bertz CT molecular complexity index is 958. The first-order valence-corrected chi connectivity index (χ1v) is 12.7. The highest BCUT2D eigenvalue weighted by Gasteiger charge is 2.35. The topological polar surface area (TPSA) is 83.0 Å². The average molecular weight is 468 g/mol. The smallest absolute Gasteiger partial charge is 0.259 e. The molecule has 3 aliphatic rings. The van der Waals surface area contributed by atoms with E-state index in [-0.39, 0.29) is 48.3 Å². The standard InChI is InChI=1S/C27H37N3O4/c1-18-15-30(19(2)17-31)27(33)23-13-21(12-11-20-9-10-20)14-28-25(23)34-24(18)16-29(3)26(32)22-7-5-4-6-8-22/h13-14,18-20,22,24,31H,4-10,15-17H2,1-3H3/t18-,19+,24-/m1/s1. The molecule has 2 fully saturated rings. The van der Waals surface area contributed by atoms with Gasteiger partial charge in [0.25, 0.3) is 5.91 Å². The fraction of sp³-hybridized carbons (Fsp3) is 0.667. The van der Waals surface area contributed by atoms with Crippen LogP contribution < -0.4 is 4.74 Å². The zero-order valence-corrected chi connectivity index (χ0v) is 20.6. The van der Waals surface area contributed by atoms with Crippen molar-refractivity contribution in [3.05, 3.63) is 23.4 Å². The summed E-state index contributed by atoms with van der Waals surface area (Å²) in [6.07, 6.45) is 8.92. The number of aliphatic hydroxyl groups excluding tert-OH is 1. The number of hydrogen-bond donors (Lipinski definition) is 1. The molecule has 1 N–H and O–H groups in total. The molecule has 0 aromatic carbocycles. The van der Waals surface area contributed by atoms with E-state index < -0.39 is 0 Å². The lowest BCUT2D eigenvalue weighted by Gasteiger charge is -2.38. The van der Waals surface area contributed by atoms with Crippen molar-refractivity contribution in [1.82, 2.24) is 14.8 Å². The lowest BCUT2D eigenvalue weighted by atomic mass is 9.88. The summed E-state index contributed by atoms with van der Waals surface area (Å²) >= 11 is 0. The third-order valence-electron chi connectivity index (χ3n) is 7.30. The number of amides is 2. The molecular formula is C27H37N3O4. The summed E-state index contributed by atoms with van der Waals surface area (Å²) in [5.41, 5.74) is 1.05. The zero-order valence-electron chi connectivity index (χ0n) is 20.6. The van der Waals surface area contributed by atoms with E-state index in [1.54, 1.807) is 22.1 Å². The van der Waals surface area contributed by atoms with Gasteiger partial charge in [-0.25, -0.2) is 4.98 Å². The van der Waals surface area contributed by atoms with Crippen LogP contribution in [0.3, 0.4) is 0 Å². The third kappa shape index (κ3) is 5.72. The fourth-order valence-corrected chi connectivity index (χ4v) is 4.82. The van der Waals surface area contributed by atoms with Crippen LogP contribution in [0.25, 0.3) is 0 Å². The predicted molar refractivity (Wildman–Crippen MR) is 129 cm³/mol. The molecule has 2 saturated carbocycles. The molecule has 2 aliphatic carbocycles. The van der Waals surface area contributed by atoms with Gasteiger partial charge < -0.3 is 19.6 Å². The van der Waals surface area contributed by atoms with Crippen molar-refractivity contribution in [3.8, 4) is 17.7 Å². The first-order valence-electron chi connectivity index (χ1n) is 12.7. The van der Waals surface area contributed by atoms with Gasteiger partial charge in [-0.2, -0.15) is 0 Å². The summed E-state index contributed by atoms with van der Waals surface area (Å²) in [5.74, 6) is 7.07. The second-order valence-corrected chi connectivity index (χ2v) is 10.3. The third-order valence-corrected chi connectivity index (χ3v) is 7.30. The number of likely N-dealkylation sites (N-methyl/N-ethyl adjacent to an activating group) is 1. The first-order chi connectivity index (χ1) is 16.4. The van der Waals surface area contributed by atoms with Crippen molar-refractivity contribution in [2.24, 2.45) is 17.8 Å². The second-order valence-electron chi connectivity index (χ2n) is 10.3. The number of hydrogen-bond acceptors (Lipinski definition) is 5. The zero-order chi connectivity index (χ0) is 24.2. The summed E-state index contributed by atoms with van der Waals surface area (Å²) in [7, 11) is 1.84. The minimum atomic E-state index is -0.343. The predicted octanol–water partition coefficient (Wildman–Crippen LogP) is 3.10. The van der Waals surface area contributed by atoms with E-state index in [2.05, 4.69) is 16.8 Å². The van der Waals surface area contributed by atoms with E-state index in [0.717, 1.165) is 38.5 Å². The number of aromatic nitrogens is 1. The second kappa shape index (κ2) is 10.8. The molecule has 3 atom stereocenters. The number of fused-ring (bicyclic) bond motifs is 1. The Morgan fingerprint density at radius 1 is 1.29 bits per heavy atom. The number of aliphatic hydroxyl groups is 1. The van der Waals surface area contributed by atoms with Gasteiger partial charge in [0.2, 0.25) is 11.8 Å². The van der Waals surface area contributed by atoms with Crippen molar-refractivity contribution >= 4 is 11.8 Å². The SMILES string of the molecule is C[C@@H]1CN([C@@H](C)CO)C(=O)c2cc(C#CC3CC3)cnc2O[C@@H]1CN(C)C(=O)C1CCCCC1. The summed E-state index contributed by atoms with van der Waals surface area (Å²) in [6.45, 7) is 4.58. The molecule has 1 aliphatic heterocycles. The summed E-state index contributed by atoms with van der Waals surface area (Å²) < 4.78 is 6.32. The normalized spacial score (nSPS) is 24.1. The molecule has 1 aromatic heterocycles. The van der Waals surface area contributed by atoms with E-state index >= 15 is 0 Å². The van der Waals surface area contributed by atoms with Crippen LogP contribution >= 0.6 is 0 Å². The Kier molecular flexibility index (Phi) is 7.77. The highest BCUT2D eigenvalue weighted by atomic mass is 16.5. The van der Waals surface area contributed by atoms with Crippen LogP contribution in [0.4, 0.5) is 0 Å². The van der Waals surface area contributed by atoms with Gasteiger partial charge >= 0.3 is 0 Å². The van der Waals surface area contributed by atoms with Crippen molar-refractivity contribution in [2.45, 2.75) is 70.9 Å². The maximum atomic E-state index is 13.5. The Morgan fingerprint density at radius 2 is 2.03 bits per heavy atom. The molecular weight excluding hydrogens is 430 g/mol. The molecule has 0 spiro atoms. The van der Waals surface area contributed by atoms with Crippen LogP contribution in [-0.4, -0.2) is 70.6 Å². The summed E-state index contributed by atoms with van der Waals surface area (Å²) in [6, 6.07) is 1.41. The molecule has 2 heterocycles. The minimum Gasteiger partial charge on any atom is -0.472 e. The number of ether oxygens (including phenoxy) is 1. The molecule has 0 radical (unpaired) electrons. The average Bonchev–Trinajstić information content (AvgIpc) is 3.69. The number of carbonyl (C=O) groups is 2. The monoisotopic (exact) mass is 467 g/mol. The Morgan fingerprint density at radius 3 is 2.71 bits per heavy atom. The minimum absolute atomic E-state index is 0.0520. The number of nitrogens with zero attached hydrogens (tertiary/aromatic N) is 3. The van der Waals surface area contributed by atoms with Gasteiger partial charge in [0.05, 0.1) is 19.2 Å². The van der Waals surface area contributed by atoms with Crippen molar-refractivity contribution in [1.29, 1.82) is 0 Å². The number of carbonyl (C=O) groups excluding carboxylic acids is 2. The van der Waals surface area contributed by atoms with E-state index in [4.69, 9.17) is 4.74 Å². The molecule has 7 heteroatoms. The first kappa shape index (κ1) is 24.5. The summed E-state index contributed by atoms with van der Waals surface area (Å²) in [4.78, 5) is 34.5. The number of pyridine rings is 1. The molecule has 0 bridgehead atoms. The molecule has 0 saturated heterocycles. The van der Waals surface area contributed by atoms with Crippen LogP contribution in [0.15, 0.2) is 12.3 Å². The maximum Gasteiger partial charge on any atom is 0.259 e. The van der Waals surface area contributed by atoms with Crippen LogP contribution in [0.5, 0.6) is 5.88 Å². The van der Waals surface area contributed by atoms with Gasteiger partial charge in [-0.1, -0.05) is 38.0 Å². The Balaban J connectivity index is 1.59. The van der Waals surface area contributed by atoms with E-state index in [1.165, 1.54) is 6.42 Å². The van der Waals surface area contributed by atoms with Gasteiger partial charge in [0.15, 0.2) is 0 Å². The van der Waals surface area contributed by atoms with Crippen molar-refractivity contribution in [2.75, 3.05) is 26.7 Å². The van der Waals surface area contributed by atoms with E-state index in [1.807, 2.05) is 20.9 Å². The molecule has 184 valence electrons. The van der Waals surface area contributed by atoms with Crippen LogP contribution in [0.2, 0.25) is 0 Å². The highest BCUT2D eigenvalue weighted by Crippen LogP contribution is 2.30. The van der Waals surface area contributed by atoms with Crippen LogP contribution in [0, 0.1) is 29.6 Å². The number of rotatable bonds is 5. The van der Waals surface area contributed by atoms with Crippen molar-refractivity contribution in [3.63, 3.8) is 0 Å². The van der Waals surface area contributed by atoms with Gasteiger partial charge in [0.1, 0.15) is 11.7 Å². The lowest BCUT2D eigenvalue weighted by molar-refractivity contribution is -0.136. The summed E-state index contributed by atoms with van der Waals surface area (Å²) in [5, 5.41) is 9.82. The molecule has 7 nitrogen and oxygen atoms in total. The Labute approximate surface area is 202 Å². The molecule has 4 rings (SSSR count). The van der Waals surface area contributed by atoms with Gasteiger partial charge in [-0.05, 0) is 38.7 Å². The highest BCUT2D eigenvalue weighted by molar-refractivity contribution is 5.97. The van der Waals surface area contributed by atoms with Gasteiger partial charge in [0, 0.05) is 43.1 Å². The molecule has 1 aromatic rings. The quantitative estimate of drug-likeness (QED) is 0.673. The maximum absolute atomic E-state index is 13.5. The largest absolute Gasteiger partial charge is 0.472 e. The molecule has 34 heavy (non-hydrogen) atoms. The van der Waals surface area contributed by atoms with E-state index in [0.29, 0.717) is 30.1 Å². The fourth-order valence-electron chi connectivity index (χ4n) is 4.82. The van der Waals surface area contributed by atoms with Crippen LogP contribution in [-0.2, 0) is 4.79 Å².